The van der Waals surface area contributed by atoms with Crippen LogP contribution in [0.15, 0.2) is 29.2 Å². The Hall–Kier alpha value is -0.760. The molecule has 2 aliphatic rings. The molecule has 8 heteroatoms. The first-order chi connectivity index (χ1) is 13.0. The largest absolute Gasteiger partial charge is 0.354 e. The number of nitrogens with zero attached hydrogens (tertiary/aromatic N) is 1. The monoisotopic (exact) mass is 430 g/mol. The summed E-state index contributed by atoms with van der Waals surface area (Å²) in [5, 5.41) is 4.14. The Bertz CT molecular complexity index is 734. The lowest BCUT2D eigenvalue weighted by Gasteiger charge is -2.24. The van der Waals surface area contributed by atoms with Gasteiger partial charge in [-0.25, -0.2) is 8.42 Å². The van der Waals surface area contributed by atoms with E-state index < -0.39 is 16.1 Å². The molecule has 1 amide bonds. The van der Waals surface area contributed by atoms with E-state index in [4.69, 9.17) is 11.6 Å². The lowest BCUT2D eigenvalue weighted by Crippen LogP contribution is -2.46. The van der Waals surface area contributed by atoms with Crippen LogP contribution in [0.2, 0.25) is 5.02 Å². The van der Waals surface area contributed by atoms with Crippen molar-refractivity contribution in [3.63, 3.8) is 0 Å². The summed E-state index contributed by atoms with van der Waals surface area (Å²) in [6, 6.07) is 5.48. The minimum atomic E-state index is -3.69. The molecule has 3 rings (SSSR count). The van der Waals surface area contributed by atoms with E-state index in [-0.39, 0.29) is 10.8 Å². The second-order valence-electron chi connectivity index (χ2n) is 7.15. The number of nitrogens with one attached hydrogen (secondary N) is 1. The van der Waals surface area contributed by atoms with Crippen LogP contribution in [0.4, 0.5) is 0 Å². The molecule has 0 spiro atoms. The fourth-order valence-electron chi connectivity index (χ4n) is 3.78. The van der Waals surface area contributed by atoms with Gasteiger partial charge in [0.25, 0.3) is 0 Å². The highest BCUT2D eigenvalue weighted by atomic mass is 35.5. The smallest absolute Gasteiger partial charge is 0.243 e. The van der Waals surface area contributed by atoms with E-state index in [0.29, 0.717) is 36.2 Å². The van der Waals surface area contributed by atoms with Crippen LogP contribution in [-0.2, 0) is 14.8 Å². The summed E-state index contributed by atoms with van der Waals surface area (Å²) in [5.74, 6) is 0.696. The standard InChI is InChI=1S/C19H27ClN2O3S2/c20-15-8-10-17(11-9-15)27(24,25)22-13-4-7-18(22)19(23)21-12-14-26-16-5-2-1-3-6-16/h8-11,16,18H,1-7,12-14H2,(H,21,23)/t18-/m1/s1. The average Bonchev–Trinajstić information content (AvgIpc) is 3.17. The van der Waals surface area contributed by atoms with Gasteiger partial charge in [-0.3, -0.25) is 4.79 Å². The van der Waals surface area contributed by atoms with Crippen LogP contribution in [0.25, 0.3) is 0 Å². The van der Waals surface area contributed by atoms with E-state index in [2.05, 4.69) is 5.32 Å². The molecule has 1 heterocycles. The first-order valence-electron chi connectivity index (χ1n) is 9.65. The maximum absolute atomic E-state index is 12.9. The highest BCUT2D eigenvalue weighted by Gasteiger charge is 2.39. The van der Waals surface area contributed by atoms with Gasteiger partial charge < -0.3 is 5.32 Å². The fourth-order valence-corrected chi connectivity index (χ4v) is 6.78. The molecule has 2 fully saturated rings. The van der Waals surface area contributed by atoms with Gasteiger partial charge in [-0.2, -0.15) is 16.1 Å². The van der Waals surface area contributed by atoms with Crippen LogP contribution in [-0.4, -0.2) is 48.8 Å². The summed E-state index contributed by atoms with van der Waals surface area (Å²) < 4.78 is 27.1. The molecule has 1 saturated heterocycles. The molecule has 0 bridgehead atoms. The number of benzene rings is 1. The van der Waals surface area contributed by atoms with Gasteiger partial charge in [0.2, 0.25) is 15.9 Å². The van der Waals surface area contributed by atoms with E-state index >= 15 is 0 Å². The van der Waals surface area contributed by atoms with Crippen molar-refractivity contribution in [1.29, 1.82) is 0 Å². The zero-order chi connectivity index (χ0) is 19.3. The van der Waals surface area contributed by atoms with Crippen LogP contribution in [0, 0.1) is 0 Å². The second-order valence-corrected chi connectivity index (χ2v) is 10.9. The predicted molar refractivity (Wildman–Crippen MR) is 111 cm³/mol. The predicted octanol–water partition coefficient (Wildman–Crippen LogP) is 3.68. The molecule has 150 valence electrons. The molecule has 5 nitrogen and oxygen atoms in total. The summed E-state index contributed by atoms with van der Waals surface area (Å²) >= 11 is 7.78. The topological polar surface area (TPSA) is 66.5 Å². The number of thioether (sulfide) groups is 1. The number of hydrogen-bond acceptors (Lipinski definition) is 4. The Kier molecular flexibility index (Phi) is 7.48. The van der Waals surface area contributed by atoms with Crippen LogP contribution in [0.1, 0.15) is 44.9 Å². The van der Waals surface area contributed by atoms with Crippen LogP contribution >= 0.6 is 23.4 Å². The molecule has 1 aliphatic carbocycles. The molecule has 1 saturated carbocycles. The maximum atomic E-state index is 12.9. The van der Waals surface area contributed by atoms with Crippen molar-refractivity contribution in [1.82, 2.24) is 9.62 Å². The number of sulfonamides is 1. The van der Waals surface area contributed by atoms with Gasteiger partial charge in [0.15, 0.2) is 0 Å². The number of halogens is 1. The highest BCUT2D eigenvalue weighted by Crippen LogP contribution is 2.28. The van der Waals surface area contributed by atoms with Crippen molar-refractivity contribution in [3.05, 3.63) is 29.3 Å². The SMILES string of the molecule is O=C(NCCSC1CCCCC1)[C@H]1CCCN1S(=O)(=O)c1ccc(Cl)cc1. The van der Waals surface area contributed by atoms with Crippen LogP contribution in [0.3, 0.4) is 0 Å². The van der Waals surface area contributed by atoms with E-state index in [0.717, 1.165) is 5.75 Å². The fraction of sp³-hybridized carbons (Fsp3) is 0.632. The number of hydrogen-bond donors (Lipinski definition) is 1. The van der Waals surface area contributed by atoms with Gasteiger partial charge in [-0.15, -0.1) is 0 Å². The quantitative estimate of drug-likeness (QED) is 0.670. The average molecular weight is 431 g/mol. The van der Waals surface area contributed by atoms with Gasteiger partial charge in [0.05, 0.1) is 4.90 Å². The third-order valence-electron chi connectivity index (χ3n) is 5.23. The molecule has 1 atom stereocenters. The third kappa shape index (κ3) is 5.40. The Morgan fingerprint density at radius 3 is 2.52 bits per heavy atom. The summed E-state index contributed by atoms with van der Waals surface area (Å²) in [7, 11) is -3.69. The molecule has 0 aromatic heterocycles. The minimum Gasteiger partial charge on any atom is -0.354 e. The molecular formula is C19H27ClN2O3S2. The van der Waals surface area contributed by atoms with Crippen LogP contribution < -0.4 is 5.32 Å². The minimum absolute atomic E-state index is 0.180. The molecule has 27 heavy (non-hydrogen) atoms. The lowest BCUT2D eigenvalue weighted by atomic mass is 10.0. The Balaban J connectivity index is 1.53. The van der Waals surface area contributed by atoms with Gasteiger partial charge in [0.1, 0.15) is 6.04 Å². The Labute approximate surface area is 171 Å². The summed E-state index contributed by atoms with van der Waals surface area (Å²) in [6.07, 6.45) is 7.76. The number of amides is 1. The number of rotatable bonds is 7. The first-order valence-corrected chi connectivity index (χ1v) is 12.5. The lowest BCUT2D eigenvalue weighted by molar-refractivity contribution is -0.124. The van der Waals surface area contributed by atoms with E-state index in [9.17, 15) is 13.2 Å². The molecule has 0 unspecified atom stereocenters. The van der Waals surface area contributed by atoms with Crippen molar-refractivity contribution >= 4 is 39.3 Å². The van der Waals surface area contributed by atoms with Crippen molar-refractivity contribution < 1.29 is 13.2 Å². The highest BCUT2D eigenvalue weighted by molar-refractivity contribution is 7.99. The number of carbonyl (C=O) groups excluding carboxylic acids is 1. The summed E-state index contributed by atoms with van der Waals surface area (Å²) in [4.78, 5) is 12.8. The molecule has 1 aromatic rings. The molecule has 1 aliphatic heterocycles. The second kappa shape index (κ2) is 9.63. The van der Waals surface area contributed by atoms with Crippen molar-refractivity contribution in [2.75, 3.05) is 18.8 Å². The summed E-state index contributed by atoms with van der Waals surface area (Å²) in [5.41, 5.74) is 0. The zero-order valence-corrected chi connectivity index (χ0v) is 17.8. The molecule has 0 radical (unpaired) electrons. The van der Waals surface area contributed by atoms with Gasteiger partial charge in [-0.1, -0.05) is 30.9 Å². The van der Waals surface area contributed by atoms with Gasteiger partial charge in [-0.05, 0) is 49.9 Å². The molecule has 1 aromatic carbocycles. The van der Waals surface area contributed by atoms with E-state index in [1.807, 2.05) is 11.8 Å². The normalized spacial score (nSPS) is 22.0. The third-order valence-corrected chi connectivity index (χ3v) is 8.79. The van der Waals surface area contributed by atoms with Gasteiger partial charge in [0, 0.05) is 29.1 Å². The number of carbonyl (C=O) groups is 1. The van der Waals surface area contributed by atoms with Crippen molar-refractivity contribution in [3.8, 4) is 0 Å². The van der Waals surface area contributed by atoms with Crippen LogP contribution in [0.5, 0.6) is 0 Å². The first kappa shape index (κ1) is 21.0. The summed E-state index contributed by atoms with van der Waals surface area (Å²) in [6.45, 7) is 0.963. The maximum Gasteiger partial charge on any atom is 0.243 e. The van der Waals surface area contributed by atoms with Crippen molar-refractivity contribution in [2.45, 2.75) is 61.1 Å². The zero-order valence-electron chi connectivity index (χ0n) is 15.4. The molecule has 1 N–H and O–H groups in total. The Morgan fingerprint density at radius 2 is 1.81 bits per heavy atom. The van der Waals surface area contributed by atoms with Crippen molar-refractivity contribution in [2.24, 2.45) is 0 Å². The van der Waals surface area contributed by atoms with E-state index in [1.165, 1.54) is 48.5 Å². The van der Waals surface area contributed by atoms with Gasteiger partial charge >= 0.3 is 0 Å². The van der Waals surface area contributed by atoms with E-state index in [1.54, 1.807) is 12.1 Å². The Morgan fingerprint density at radius 1 is 1.11 bits per heavy atom. The molecular weight excluding hydrogens is 404 g/mol.